The summed E-state index contributed by atoms with van der Waals surface area (Å²) in [5, 5.41) is 3.31. The zero-order valence-electron chi connectivity index (χ0n) is 10.8. The molecule has 0 atom stereocenters. The largest absolute Gasteiger partial charge is 0.381 e. The molecule has 0 aromatic heterocycles. The summed E-state index contributed by atoms with van der Waals surface area (Å²) in [6.07, 6.45) is 2.42. The Morgan fingerprint density at radius 2 is 2.12 bits per heavy atom. The van der Waals surface area contributed by atoms with Crippen LogP contribution in [0.5, 0.6) is 0 Å². The molecular formula is C13H26N2O. The second kappa shape index (κ2) is 7.82. The number of rotatable bonds is 7. The highest BCUT2D eigenvalue weighted by atomic mass is 16.5. The van der Waals surface area contributed by atoms with Crippen LogP contribution in [0, 0.1) is 5.92 Å². The third-order valence-corrected chi connectivity index (χ3v) is 3.03. The molecule has 3 nitrogen and oxygen atoms in total. The van der Waals surface area contributed by atoms with E-state index >= 15 is 0 Å². The van der Waals surface area contributed by atoms with Crippen molar-refractivity contribution in [3.63, 3.8) is 0 Å². The van der Waals surface area contributed by atoms with Crippen LogP contribution in [0.25, 0.3) is 0 Å². The fraction of sp³-hybridized carbons (Fsp3) is 0.846. The van der Waals surface area contributed by atoms with Crippen molar-refractivity contribution in [2.24, 2.45) is 5.92 Å². The summed E-state index contributed by atoms with van der Waals surface area (Å²) < 4.78 is 5.37. The molecule has 0 saturated carbocycles. The predicted octanol–water partition coefficient (Wildman–Crippen LogP) is 1.51. The van der Waals surface area contributed by atoms with Crippen LogP contribution in [-0.4, -0.2) is 51.3 Å². The summed E-state index contributed by atoms with van der Waals surface area (Å²) in [4.78, 5) is 2.38. The Bertz CT molecular complexity index is 200. The molecule has 0 aromatic rings. The van der Waals surface area contributed by atoms with Gasteiger partial charge in [-0.3, -0.25) is 0 Å². The van der Waals surface area contributed by atoms with Gasteiger partial charge in [0.25, 0.3) is 0 Å². The Balaban J connectivity index is 2.13. The summed E-state index contributed by atoms with van der Waals surface area (Å²) in [5.74, 6) is 0.811. The van der Waals surface area contributed by atoms with Crippen LogP contribution >= 0.6 is 0 Å². The summed E-state index contributed by atoms with van der Waals surface area (Å²) in [7, 11) is 2.19. The Kier molecular flexibility index (Phi) is 6.69. The van der Waals surface area contributed by atoms with Crippen LogP contribution in [-0.2, 0) is 4.74 Å². The van der Waals surface area contributed by atoms with Gasteiger partial charge in [0, 0.05) is 32.8 Å². The fourth-order valence-electron chi connectivity index (χ4n) is 2.17. The van der Waals surface area contributed by atoms with Crippen molar-refractivity contribution in [2.75, 3.05) is 46.4 Å². The average molecular weight is 226 g/mol. The standard InChI is InChI=1S/C13H26N2O/c1-4-14-9-12(2)10-15(3)11-13-5-7-16-8-6-13/h13-14H,2,4-11H2,1,3H3. The van der Waals surface area contributed by atoms with E-state index in [1.165, 1.54) is 25.0 Å². The van der Waals surface area contributed by atoms with E-state index in [9.17, 15) is 0 Å². The lowest BCUT2D eigenvalue weighted by atomic mass is 10.00. The summed E-state index contributed by atoms with van der Waals surface area (Å²) in [6.45, 7) is 12.2. The molecule has 0 unspecified atom stereocenters. The highest BCUT2D eigenvalue weighted by Crippen LogP contribution is 2.15. The second-order valence-electron chi connectivity index (χ2n) is 4.78. The molecule has 1 rings (SSSR count). The van der Waals surface area contributed by atoms with Gasteiger partial charge in [-0.1, -0.05) is 13.5 Å². The van der Waals surface area contributed by atoms with E-state index in [2.05, 4.69) is 30.8 Å². The van der Waals surface area contributed by atoms with Gasteiger partial charge in [0.05, 0.1) is 0 Å². The number of nitrogens with one attached hydrogen (secondary N) is 1. The third kappa shape index (κ3) is 5.64. The molecule has 1 aliphatic rings. The number of likely N-dealkylation sites (N-methyl/N-ethyl adjacent to an activating group) is 2. The Morgan fingerprint density at radius 3 is 2.75 bits per heavy atom. The van der Waals surface area contributed by atoms with E-state index < -0.39 is 0 Å². The average Bonchev–Trinajstić information content (AvgIpc) is 2.27. The van der Waals surface area contributed by atoms with Gasteiger partial charge in [0.15, 0.2) is 0 Å². The number of ether oxygens (including phenoxy) is 1. The molecule has 0 aromatic carbocycles. The maximum Gasteiger partial charge on any atom is 0.0469 e. The molecular weight excluding hydrogens is 200 g/mol. The van der Waals surface area contributed by atoms with E-state index in [4.69, 9.17) is 4.74 Å². The lowest BCUT2D eigenvalue weighted by Crippen LogP contribution is -2.32. The molecule has 3 heteroatoms. The molecule has 1 N–H and O–H groups in total. The number of nitrogens with zero attached hydrogens (tertiary/aromatic N) is 1. The lowest BCUT2D eigenvalue weighted by Gasteiger charge is -2.27. The zero-order valence-corrected chi connectivity index (χ0v) is 10.8. The van der Waals surface area contributed by atoms with Gasteiger partial charge in [-0.05, 0) is 37.9 Å². The molecule has 1 saturated heterocycles. The number of hydrogen-bond donors (Lipinski definition) is 1. The molecule has 0 spiro atoms. The van der Waals surface area contributed by atoms with E-state index in [-0.39, 0.29) is 0 Å². The summed E-state index contributed by atoms with van der Waals surface area (Å²) in [6, 6.07) is 0. The van der Waals surface area contributed by atoms with Crippen molar-refractivity contribution >= 4 is 0 Å². The van der Waals surface area contributed by atoms with Crippen molar-refractivity contribution < 1.29 is 4.74 Å². The maximum atomic E-state index is 5.37. The van der Waals surface area contributed by atoms with Crippen LogP contribution in [0.1, 0.15) is 19.8 Å². The molecule has 0 radical (unpaired) electrons. The second-order valence-corrected chi connectivity index (χ2v) is 4.78. The van der Waals surface area contributed by atoms with E-state index in [1.807, 2.05) is 0 Å². The van der Waals surface area contributed by atoms with Gasteiger partial charge >= 0.3 is 0 Å². The Labute approximate surface area is 99.8 Å². The van der Waals surface area contributed by atoms with E-state index in [0.29, 0.717) is 0 Å². The molecule has 0 bridgehead atoms. The van der Waals surface area contributed by atoms with Gasteiger partial charge in [-0.2, -0.15) is 0 Å². The minimum absolute atomic E-state index is 0.811. The minimum Gasteiger partial charge on any atom is -0.381 e. The predicted molar refractivity (Wildman–Crippen MR) is 68.7 cm³/mol. The first kappa shape index (κ1) is 13.7. The van der Waals surface area contributed by atoms with Crippen molar-refractivity contribution in [2.45, 2.75) is 19.8 Å². The molecule has 0 aliphatic carbocycles. The lowest BCUT2D eigenvalue weighted by molar-refractivity contribution is 0.0566. The molecule has 1 fully saturated rings. The minimum atomic E-state index is 0.811. The SMILES string of the molecule is C=C(CNCC)CN(C)CC1CCOCC1. The number of hydrogen-bond acceptors (Lipinski definition) is 3. The van der Waals surface area contributed by atoms with Crippen LogP contribution in [0.15, 0.2) is 12.2 Å². The highest BCUT2D eigenvalue weighted by Gasteiger charge is 2.15. The van der Waals surface area contributed by atoms with E-state index in [0.717, 1.165) is 38.8 Å². The first-order valence-corrected chi connectivity index (χ1v) is 6.36. The van der Waals surface area contributed by atoms with Gasteiger partial charge in [0.1, 0.15) is 0 Å². The molecule has 0 amide bonds. The first-order chi connectivity index (χ1) is 7.72. The molecule has 1 aliphatic heterocycles. The van der Waals surface area contributed by atoms with Crippen molar-refractivity contribution in [3.05, 3.63) is 12.2 Å². The topological polar surface area (TPSA) is 24.5 Å². The normalized spacial score (nSPS) is 17.9. The first-order valence-electron chi connectivity index (χ1n) is 6.36. The van der Waals surface area contributed by atoms with E-state index in [1.54, 1.807) is 0 Å². The van der Waals surface area contributed by atoms with Gasteiger partial charge < -0.3 is 15.0 Å². The van der Waals surface area contributed by atoms with Crippen LogP contribution in [0.3, 0.4) is 0 Å². The zero-order chi connectivity index (χ0) is 11.8. The van der Waals surface area contributed by atoms with Gasteiger partial charge in [0.2, 0.25) is 0 Å². The third-order valence-electron chi connectivity index (χ3n) is 3.03. The molecule has 1 heterocycles. The van der Waals surface area contributed by atoms with Crippen molar-refractivity contribution in [1.82, 2.24) is 10.2 Å². The Hall–Kier alpha value is -0.380. The monoisotopic (exact) mass is 226 g/mol. The van der Waals surface area contributed by atoms with Crippen molar-refractivity contribution in [3.8, 4) is 0 Å². The van der Waals surface area contributed by atoms with Crippen LogP contribution < -0.4 is 5.32 Å². The molecule has 16 heavy (non-hydrogen) atoms. The molecule has 94 valence electrons. The fourth-order valence-corrected chi connectivity index (χ4v) is 2.17. The quantitative estimate of drug-likeness (QED) is 0.666. The Morgan fingerprint density at radius 1 is 1.44 bits per heavy atom. The van der Waals surface area contributed by atoms with Crippen LogP contribution in [0.4, 0.5) is 0 Å². The highest BCUT2D eigenvalue weighted by molar-refractivity contribution is 4.99. The summed E-state index contributed by atoms with van der Waals surface area (Å²) in [5.41, 5.74) is 1.27. The van der Waals surface area contributed by atoms with Crippen LogP contribution in [0.2, 0.25) is 0 Å². The summed E-state index contributed by atoms with van der Waals surface area (Å²) >= 11 is 0. The van der Waals surface area contributed by atoms with Gasteiger partial charge in [-0.15, -0.1) is 0 Å². The maximum absolute atomic E-state index is 5.37. The van der Waals surface area contributed by atoms with Gasteiger partial charge in [-0.25, -0.2) is 0 Å². The van der Waals surface area contributed by atoms with Crippen molar-refractivity contribution in [1.29, 1.82) is 0 Å². The smallest absolute Gasteiger partial charge is 0.0469 e.